The Morgan fingerprint density at radius 1 is 1.05 bits per heavy atom. The summed E-state index contributed by atoms with van der Waals surface area (Å²) in [4.78, 5) is 8.33. The van der Waals surface area contributed by atoms with Gasteiger partial charge in [0, 0.05) is 6.42 Å². The smallest absolute Gasteiger partial charge is 0.107 e. The molecule has 0 bridgehead atoms. The maximum absolute atomic E-state index is 4.77. The third-order valence-electron chi connectivity index (χ3n) is 4.81. The highest BCUT2D eigenvalue weighted by atomic mass is 14.9. The third kappa shape index (κ3) is 2.41. The fourth-order valence-electron chi connectivity index (χ4n) is 3.51. The van der Waals surface area contributed by atoms with E-state index in [2.05, 4.69) is 23.2 Å². The van der Waals surface area contributed by atoms with Crippen LogP contribution in [0.4, 0.5) is 0 Å². The predicted molar refractivity (Wildman–Crippen MR) is 78.3 cm³/mol. The number of benzene rings is 1. The van der Waals surface area contributed by atoms with Crippen molar-refractivity contribution >= 4 is 11.0 Å². The molecule has 0 radical (unpaired) electrons. The highest BCUT2D eigenvalue weighted by Crippen LogP contribution is 2.40. The number of H-pyrrole nitrogens is 1. The average molecular weight is 254 g/mol. The van der Waals surface area contributed by atoms with Crippen LogP contribution >= 0.6 is 0 Å². The second kappa shape index (κ2) is 4.66. The lowest BCUT2D eigenvalue weighted by atomic mass is 9.87. The molecule has 4 rings (SSSR count). The summed E-state index contributed by atoms with van der Waals surface area (Å²) >= 11 is 0. The van der Waals surface area contributed by atoms with E-state index in [4.69, 9.17) is 4.98 Å². The van der Waals surface area contributed by atoms with Crippen molar-refractivity contribution in [3.63, 3.8) is 0 Å². The zero-order chi connectivity index (χ0) is 12.7. The number of fused-ring (bicyclic) bond motifs is 1. The van der Waals surface area contributed by atoms with Crippen molar-refractivity contribution in [2.45, 2.75) is 57.3 Å². The Bertz CT molecular complexity index is 574. The van der Waals surface area contributed by atoms with E-state index in [9.17, 15) is 0 Å². The molecule has 2 saturated carbocycles. The van der Waals surface area contributed by atoms with Gasteiger partial charge in [0.25, 0.3) is 0 Å². The van der Waals surface area contributed by atoms with E-state index in [0.29, 0.717) is 0 Å². The summed E-state index contributed by atoms with van der Waals surface area (Å²) in [6, 6.07) is 6.79. The zero-order valence-electron chi connectivity index (χ0n) is 11.5. The number of nitrogens with zero attached hydrogens (tertiary/aromatic N) is 1. The van der Waals surface area contributed by atoms with Crippen molar-refractivity contribution in [3.8, 4) is 0 Å². The molecule has 2 heteroatoms. The minimum absolute atomic E-state index is 0.828. The van der Waals surface area contributed by atoms with Gasteiger partial charge in [0.2, 0.25) is 0 Å². The molecule has 19 heavy (non-hydrogen) atoms. The Hall–Kier alpha value is -1.31. The van der Waals surface area contributed by atoms with Gasteiger partial charge in [-0.1, -0.05) is 38.2 Å². The SMILES string of the molecule is c1cc2nc(CC3CCCCC3)[nH]c2cc1C1CC1. The van der Waals surface area contributed by atoms with Crippen molar-refractivity contribution in [3.05, 3.63) is 29.6 Å². The molecule has 0 atom stereocenters. The first-order valence-electron chi connectivity index (χ1n) is 7.87. The molecule has 1 aromatic heterocycles. The van der Waals surface area contributed by atoms with Crippen LogP contribution in [0.1, 0.15) is 62.3 Å². The van der Waals surface area contributed by atoms with Crippen molar-refractivity contribution < 1.29 is 0 Å². The van der Waals surface area contributed by atoms with Crippen molar-refractivity contribution in [2.24, 2.45) is 5.92 Å². The molecule has 2 aliphatic carbocycles. The van der Waals surface area contributed by atoms with Gasteiger partial charge in [-0.25, -0.2) is 4.98 Å². The molecule has 2 fully saturated rings. The van der Waals surface area contributed by atoms with Crippen LogP contribution in [0.5, 0.6) is 0 Å². The Balaban J connectivity index is 1.56. The molecule has 0 unspecified atom stereocenters. The van der Waals surface area contributed by atoms with Crippen molar-refractivity contribution in [1.82, 2.24) is 9.97 Å². The number of imidazole rings is 1. The number of aromatic nitrogens is 2. The van der Waals surface area contributed by atoms with Crippen LogP contribution in [0.25, 0.3) is 11.0 Å². The van der Waals surface area contributed by atoms with Gasteiger partial charge in [0.1, 0.15) is 5.82 Å². The third-order valence-corrected chi connectivity index (χ3v) is 4.81. The van der Waals surface area contributed by atoms with Gasteiger partial charge in [-0.3, -0.25) is 0 Å². The zero-order valence-corrected chi connectivity index (χ0v) is 11.5. The van der Waals surface area contributed by atoms with Crippen LogP contribution < -0.4 is 0 Å². The second-order valence-corrected chi connectivity index (χ2v) is 6.44. The van der Waals surface area contributed by atoms with Gasteiger partial charge in [-0.15, -0.1) is 0 Å². The van der Waals surface area contributed by atoms with Gasteiger partial charge in [-0.2, -0.15) is 0 Å². The van der Waals surface area contributed by atoms with Crippen LogP contribution in [-0.2, 0) is 6.42 Å². The van der Waals surface area contributed by atoms with E-state index in [1.54, 1.807) is 0 Å². The van der Waals surface area contributed by atoms with Crippen LogP contribution in [0.3, 0.4) is 0 Å². The summed E-state index contributed by atoms with van der Waals surface area (Å²) in [5.74, 6) is 2.89. The first kappa shape index (κ1) is 11.5. The van der Waals surface area contributed by atoms with Crippen LogP contribution in [-0.4, -0.2) is 9.97 Å². The molecule has 0 saturated heterocycles. The molecule has 2 aromatic rings. The van der Waals surface area contributed by atoms with Gasteiger partial charge in [0.15, 0.2) is 0 Å². The Morgan fingerprint density at radius 3 is 2.68 bits per heavy atom. The molecule has 1 heterocycles. The van der Waals surface area contributed by atoms with Crippen LogP contribution in [0, 0.1) is 5.92 Å². The molecule has 2 aliphatic rings. The second-order valence-electron chi connectivity index (χ2n) is 6.44. The van der Waals surface area contributed by atoms with E-state index in [-0.39, 0.29) is 0 Å². The average Bonchev–Trinajstić information content (AvgIpc) is 3.20. The minimum Gasteiger partial charge on any atom is -0.342 e. The lowest BCUT2D eigenvalue weighted by Gasteiger charge is -2.20. The molecular weight excluding hydrogens is 232 g/mol. The Kier molecular flexibility index (Phi) is 2.82. The summed E-state index contributed by atoms with van der Waals surface area (Å²) in [5, 5.41) is 0. The lowest BCUT2D eigenvalue weighted by molar-refractivity contribution is 0.352. The normalized spacial score (nSPS) is 21.1. The van der Waals surface area contributed by atoms with Gasteiger partial charge in [-0.05, 0) is 42.4 Å². The highest BCUT2D eigenvalue weighted by molar-refractivity contribution is 5.76. The molecular formula is C17H22N2. The topological polar surface area (TPSA) is 28.7 Å². The molecule has 0 aliphatic heterocycles. The molecule has 0 spiro atoms. The van der Waals surface area contributed by atoms with E-state index in [1.165, 1.54) is 61.9 Å². The maximum Gasteiger partial charge on any atom is 0.107 e. The van der Waals surface area contributed by atoms with Gasteiger partial charge < -0.3 is 4.98 Å². The summed E-state index contributed by atoms with van der Waals surface area (Å²) < 4.78 is 0. The van der Waals surface area contributed by atoms with Crippen molar-refractivity contribution in [1.29, 1.82) is 0 Å². The van der Waals surface area contributed by atoms with E-state index < -0.39 is 0 Å². The maximum atomic E-state index is 4.77. The fourth-order valence-corrected chi connectivity index (χ4v) is 3.51. The number of hydrogen-bond donors (Lipinski definition) is 1. The summed E-state index contributed by atoms with van der Waals surface area (Å²) in [7, 11) is 0. The monoisotopic (exact) mass is 254 g/mol. The molecule has 2 nitrogen and oxygen atoms in total. The fraction of sp³-hybridized carbons (Fsp3) is 0.588. The Labute approximate surface area is 114 Å². The molecule has 1 N–H and O–H groups in total. The van der Waals surface area contributed by atoms with E-state index >= 15 is 0 Å². The molecule has 1 aromatic carbocycles. The van der Waals surface area contributed by atoms with Gasteiger partial charge in [0.05, 0.1) is 11.0 Å². The predicted octanol–water partition coefficient (Wildman–Crippen LogP) is 4.56. The summed E-state index contributed by atoms with van der Waals surface area (Å²) in [5.41, 5.74) is 3.89. The summed E-state index contributed by atoms with van der Waals surface area (Å²) in [6.07, 6.45) is 10.9. The van der Waals surface area contributed by atoms with Crippen LogP contribution in [0.2, 0.25) is 0 Å². The van der Waals surface area contributed by atoms with E-state index in [0.717, 1.165) is 23.8 Å². The number of hydrogen-bond acceptors (Lipinski definition) is 1. The first-order chi connectivity index (χ1) is 9.38. The van der Waals surface area contributed by atoms with Gasteiger partial charge >= 0.3 is 0 Å². The number of aromatic amines is 1. The Morgan fingerprint density at radius 2 is 1.89 bits per heavy atom. The standard InChI is InChI=1S/C17H22N2/c1-2-4-12(5-3-1)10-17-18-15-9-8-14(13-6-7-13)11-16(15)19-17/h8-9,11-13H,1-7,10H2,(H,18,19). The lowest BCUT2D eigenvalue weighted by Crippen LogP contribution is -2.10. The van der Waals surface area contributed by atoms with Crippen molar-refractivity contribution in [2.75, 3.05) is 0 Å². The molecule has 0 amide bonds. The quantitative estimate of drug-likeness (QED) is 0.854. The largest absolute Gasteiger partial charge is 0.342 e. The van der Waals surface area contributed by atoms with Crippen LogP contribution in [0.15, 0.2) is 18.2 Å². The summed E-state index contributed by atoms with van der Waals surface area (Å²) in [6.45, 7) is 0. The highest BCUT2D eigenvalue weighted by Gasteiger charge is 2.24. The number of nitrogens with one attached hydrogen (secondary N) is 1. The number of rotatable bonds is 3. The molecule has 100 valence electrons. The first-order valence-corrected chi connectivity index (χ1v) is 7.87. The minimum atomic E-state index is 0.828. The van der Waals surface area contributed by atoms with E-state index in [1.807, 2.05) is 0 Å².